The van der Waals surface area contributed by atoms with Crippen molar-refractivity contribution in [3.8, 4) is 0 Å². The van der Waals surface area contributed by atoms with Crippen LogP contribution in [-0.4, -0.2) is 56.2 Å². The van der Waals surface area contributed by atoms with Crippen LogP contribution < -0.4 is 11.5 Å². The lowest BCUT2D eigenvalue weighted by atomic mass is 10.4. The van der Waals surface area contributed by atoms with Crippen LogP contribution in [0, 0.1) is 0 Å². The van der Waals surface area contributed by atoms with Gasteiger partial charge in [0.15, 0.2) is 0 Å². The molecule has 0 aliphatic rings. The topological polar surface area (TPSA) is 110 Å². The van der Waals surface area contributed by atoms with E-state index in [0.717, 1.165) is 4.31 Å². The summed E-state index contributed by atoms with van der Waals surface area (Å²) in [5, 5.41) is 0. The number of hydrogen-bond acceptors (Lipinski definition) is 4. The van der Waals surface area contributed by atoms with Crippen LogP contribution in [-0.2, 0) is 15.0 Å². The average molecular weight is 252 g/mol. The molecule has 0 spiro atoms. The molecule has 0 fully saturated rings. The van der Waals surface area contributed by atoms with Gasteiger partial charge in [-0.1, -0.05) is 6.92 Å². The second-order valence-corrected chi connectivity index (χ2v) is 5.40. The molecule has 0 radical (unpaired) electrons. The molecule has 0 heterocycles. The lowest BCUT2D eigenvalue weighted by Gasteiger charge is -2.25. The first kappa shape index (κ1) is 15.3. The Morgan fingerprint density at radius 1 is 1.38 bits per heavy atom. The van der Waals surface area contributed by atoms with E-state index in [1.807, 2.05) is 0 Å². The van der Waals surface area contributed by atoms with Gasteiger partial charge in [0, 0.05) is 20.1 Å². The predicted octanol–water partition coefficient (Wildman–Crippen LogP) is -1.68. The lowest BCUT2D eigenvalue weighted by molar-refractivity contribution is -0.118. The molecule has 0 saturated heterocycles. The number of primary amides is 1. The highest BCUT2D eigenvalue weighted by Gasteiger charge is 2.26. The Bertz CT molecular complexity index is 317. The molecule has 7 nitrogen and oxygen atoms in total. The second-order valence-electron chi connectivity index (χ2n) is 3.36. The summed E-state index contributed by atoms with van der Waals surface area (Å²) < 4.78 is 26.0. The van der Waals surface area contributed by atoms with Crippen LogP contribution in [0.15, 0.2) is 0 Å². The molecular formula is C8H20N4O3S. The third-order valence-corrected chi connectivity index (χ3v) is 4.09. The van der Waals surface area contributed by atoms with E-state index in [9.17, 15) is 13.2 Å². The molecule has 8 heteroatoms. The molecule has 0 saturated carbocycles. The molecule has 16 heavy (non-hydrogen) atoms. The van der Waals surface area contributed by atoms with E-state index >= 15 is 0 Å². The molecule has 0 rings (SSSR count). The van der Waals surface area contributed by atoms with E-state index in [2.05, 4.69) is 0 Å². The molecule has 0 aromatic rings. The van der Waals surface area contributed by atoms with Gasteiger partial charge in [0.2, 0.25) is 5.91 Å². The SMILES string of the molecule is CCN(CC(N)=O)S(=O)(=O)N(C)CCCN. The summed E-state index contributed by atoms with van der Waals surface area (Å²) >= 11 is 0. The number of rotatable bonds is 8. The number of carbonyl (C=O) groups excluding carboxylic acids is 1. The maximum Gasteiger partial charge on any atom is 0.282 e. The first-order valence-corrected chi connectivity index (χ1v) is 6.45. The van der Waals surface area contributed by atoms with Crippen LogP contribution in [0.4, 0.5) is 0 Å². The zero-order valence-corrected chi connectivity index (χ0v) is 10.5. The molecule has 1 amide bonds. The van der Waals surface area contributed by atoms with E-state index in [4.69, 9.17) is 11.5 Å². The third kappa shape index (κ3) is 4.44. The Morgan fingerprint density at radius 3 is 2.31 bits per heavy atom. The summed E-state index contributed by atoms with van der Waals surface area (Å²) in [4.78, 5) is 10.7. The van der Waals surface area contributed by atoms with E-state index in [0.29, 0.717) is 19.5 Å². The van der Waals surface area contributed by atoms with Crippen molar-refractivity contribution in [3.63, 3.8) is 0 Å². The summed E-state index contributed by atoms with van der Waals surface area (Å²) in [5.41, 5.74) is 10.3. The second kappa shape index (κ2) is 6.79. The van der Waals surface area contributed by atoms with Gasteiger partial charge in [-0.2, -0.15) is 17.0 Å². The number of nitrogens with two attached hydrogens (primary N) is 2. The molecular weight excluding hydrogens is 232 g/mol. The van der Waals surface area contributed by atoms with Crippen LogP contribution >= 0.6 is 0 Å². The summed E-state index contributed by atoms with van der Waals surface area (Å²) in [6.45, 7) is 2.30. The van der Waals surface area contributed by atoms with Crippen molar-refractivity contribution in [3.05, 3.63) is 0 Å². The summed E-state index contributed by atoms with van der Waals surface area (Å²) in [6, 6.07) is 0. The fourth-order valence-electron chi connectivity index (χ4n) is 1.16. The van der Waals surface area contributed by atoms with E-state index < -0.39 is 16.1 Å². The van der Waals surface area contributed by atoms with Crippen molar-refractivity contribution < 1.29 is 13.2 Å². The Labute approximate surface area is 96.6 Å². The minimum Gasteiger partial charge on any atom is -0.369 e. The van der Waals surface area contributed by atoms with Gasteiger partial charge in [0.1, 0.15) is 0 Å². The zero-order valence-electron chi connectivity index (χ0n) is 9.72. The predicted molar refractivity (Wildman–Crippen MR) is 61.7 cm³/mol. The third-order valence-electron chi connectivity index (χ3n) is 2.08. The molecule has 0 aliphatic heterocycles. The number of nitrogens with zero attached hydrogens (tertiary/aromatic N) is 2. The molecule has 0 aromatic heterocycles. The van der Waals surface area contributed by atoms with Gasteiger partial charge < -0.3 is 11.5 Å². The molecule has 0 unspecified atom stereocenters. The number of carbonyl (C=O) groups is 1. The van der Waals surface area contributed by atoms with Gasteiger partial charge in [-0.25, -0.2) is 0 Å². The molecule has 96 valence electrons. The Kier molecular flexibility index (Phi) is 6.49. The minimum atomic E-state index is -3.61. The monoisotopic (exact) mass is 252 g/mol. The Morgan fingerprint density at radius 2 is 1.94 bits per heavy atom. The maximum atomic E-state index is 11.9. The lowest BCUT2D eigenvalue weighted by Crippen LogP contribution is -2.45. The van der Waals surface area contributed by atoms with Gasteiger partial charge in [-0.05, 0) is 13.0 Å². The van der Waals surface area contributed by atoms with Gasteiger partial charge in [0.05, 0.1) is 6.54 Å². The summed E-state index contributed by atoms with van der Waals surface area (Å²) in [6.07, 6.45) is 0.573. The molecule has 4 N–H and O–H groups in total. The van der Waals surface area contributed by atoms with Crippen LogP contribution in [0.5, 0.6) is 0 Å². The van der Waals surface area contributed by atoms with Crippen molar-refractivity contribution in [1.29, 1.82) is 0 Å². The first-order chi connectivity index (χ1) is 7.36. The standard InChI is InChI=1S/C8H20N4O3S/c1-3-12(7-8(10)13)16(14,15)11(2)6-4-5-9/h3-7,9H2,1-2H3,(H2,10,13). The zero-order chi connectivity index (χ0) is 12.8. The van der Waals surface area contributed by atoms with Gasteiger partial charge in [-0.15, -0.1) is 0 Å². The highest BCUT2D eigenvalue weighted by atomic mass is 32.2. The number of hydrogen-bond donors (Lipinski definition) is 2. The van der Waals surface area contributed by atoms with Crippen LogP contribution in [0.2, 0.25) is 0 Å². The van der Waals surface area contributed by atoms with Gasteiger partial charge in [-0.3, -0.25) is 4.79 Å². The molecule has 0 atom stereocenters. The fourth-order valence-corrected chi connectivity index (χ4v) is 2.53. The highest BCUT2D eigenvalue weighted by Crippen LogP contribution is 2.05. The van der Waals surface area contributed by atoms with Crippen molar-refractivity contribution in [1.82, 2.24) is 8.61 Å². The first-order valence-electron chi connectivity index (χ1n) is 5.06. The Balaban J connectivity index is 4.65. The molecule has 0 aromatic carbocycles. The van der Waals surface area contributed by atoms with Crippen LogP contribution in [0.25, 0.3) is 0 Å². The van der Waals surface area contributed by atoms with Crippen molar-refractivity contribution >= 4 is 16.1 Å². The highest BCUT2D eigenvalue weighted by molar-refractivity contribution is 7.86. The van der Waals surface area contributed by atoms with Gasteiger partial charge >= 0.3 is 0 Å². The molecule has 0 bridgehead atoms. The fraction of sp³-hybridized carbons (Fsp3) is 0.875. The summed E-state index contributed by atoms with van der Waals surface area (Å²) in [5.74, 6) is -0.669. The van der Waals surface area contributed by atoms with Crippen molar-refractivity contribution in [2.75, 3.05) is 33.2 Å². The van der Waals surface area contributed by atoms with E-state index in [1.54, 1.807) is 6.92 Å². The number of amides is 1. The summed E-state index contributed by atoms with van der Waals surface area (Å²) in [7, 11) is -2.16. The molecule has 0 aliphatic carbocycles. The van der Waals surface area contributed by atoms with Crippen LogP contribution in [0.1, 0.15) is 13.3 Å². The smallest absolute Gasteiger partial charge is 0.282 e. The van der Waals surface area contributed by atoms with Crippen LogP contribution in [0.3, 0.4) is 0 Å². The van der Waals surface area contributed by atoms with Crippen molar-refractivity contribution in [2.45, 2.75) is 13.3 Å². The van der Waals surface area contributed by atoms with E-state index in [1.165, 1.54) is 11.4 Å². The normalized spacial score (nSPS) is 12.3. The minimum absolute atomic E-state index is 0.207. The van der Waals surface area contributed by atoms with E-state index in [-0.39, 0.29) is 13.1 Å². The Hall–Kier alpha value is -0.700. The maximum absolute atomic E-state index is 11.9. The number of likely N-dealkylation sites (N-methyl/N-ethyl adjacent to an activating group) is 1. The average Bonchev–Trinajstić information content (AvgIpc) is 2.21. The largest absolute Gasteiger partial charge is 0.369 e. The van der Waals surface area contributed by atoms with Gasteiger partial charge in [0.25, 0.3) is 10.2 Å². The van der Waals surface area contributed by atoms with Crippen molar-refractivity contribution in [2.24, 2.45) is 11.5 Å². The quantitative estimate of drug-likeness (QED) is 0.537.